The highest BCUT2D eigenvalue weighted by Gasteiger charge is 2.09. The number of carbonyl (C=O) groups is 1. The Morgan fingerprint density at radius 2 is 1.88 bits per heavy atom. The summed E-state index contributed by atoms with van der Waals surface area (Å²) in [5, 5.41) is 8.00. The van der Waals surface area contributed by atoms with Crippen LogP contribution in [0.1, 0.15) is 15.9 Å². The first-order valence-corrected chi connectivity index (χ1v) is 8.13. The predicted molar refractivity (Wildman–Crippen MR) is 99.9 cm³/mol. The van der Waals surface area contributed by atoms with Crippen LogP contribution in [0, 0.1) is 0 Å². The lowest BCUT2D eigenvalue weighted by Crippen LogP contribution is -2.21. The summed E-state index contributed by atoms with van der Waals surface area (Å²) in [4.78, 5) is 23.9. The number of nitrogens with two attached hydrogens (primary N) is 1. The van der Waals surface area contributed by atoms with Gasteiger partial charge in [-0.05, 0) is 34.9 Å². The maximum atomic E-state index is 12.3. The Labute approximate surface area is 148 Å². The molecule has 0 unspecified atom stereocenters. The van der Waals surface area contributed by atoms with E-state index in [4.69, 9.17) is 5.73 Å². The van der Waals surface area contributed by atoms with Gasteiger partial charge in [-0.2, -0.15) is 5.10 Å². The standard InChI is InChI=1S/C20H16N4O2/c21-20(26)17-4-2-1-3-16(17)12-24-11-15(7-8-19(24)25)13-5-6-14-10-22-23-18(14)9-13/h1-11H,12H2,(H2,21,26)(H,22,23). The molecule has 0 spiro atoms. The highest BCUT2D eigenvalue weighted by Crippen LogP contribution is 2.22. The second-order valence-electron chi connectivity index (χ2n) is 6.08. The summed E-state index contributed by atoms with van der Waals surface area (Å²) in [6, 6.07) is 16.3. The fourth-order valence-corrected chi connectivity index (χ4v) is 3.02. The van der Waals surface area contributed by atoms with Crippen LogP contribution in [0.2, 0.25) is 0 Å². The van der Waals surface area contributed by atoms with Gasteiger partial charge in [0.15, 0.2) is 0 Å². The number of rotatable bonds is 4. The van der Waals surface area contributed by atoms with Gasteiger partial charge in [0.25, 0.3) is 5.56 Å². The minimum atomic E-state index is -0.505. The molecule has 0 saturated heterocycles. The molecule has 0 radical (unpaired) electrons. The van der Waals surface area contributed by atoms with Crippen molar-refractivity contribution < 1.29 is 4.79 Å². The van der Waals surface area contributed by atoms with Crippen molar-refractivity contribution >= 4 is 16.8 Å². The number of nitrogens with zero attached hydrogens (tertiary/aromatic N) is 2. The number of aromatic nitrogens is 3. The van der Waals surface area contributed by atoms with Crippen molar-refractivity contribution in [3.05, 3.63) is 88.5 Å². The zero-order chi connectivity index (χ0) is 18.1. The summed E-state index contributed by atoms with van der Waals surface area (Å²) in [5.74, 6) is -0.505. The maximum absolute atomic E-state index is 12.3. The molecule has 4 rings (SSSR count). The number of primary amides is 1. The van der Waals surface area contributed by atoms with Gasteiger partial charge in [0.05, 0.1) is 18.3 Å². The van der Waals surface area contributed by atoms with Crippen molar-refractivity contribution in [2.45, 2.75) is 6.54 Å². The van der Waals surface area contributed by atoms with Crippen LogP contribution in [0.25, 0.3) is 22.0 Å². The Morgan fingerprint density at radius 3 is 2.73 bits per heavy atom. The van der Waals surface area contributed by atoms with Crippen molar-refractivity contribution in [3.8, 4) is 11.1 Å². The predicted octanol–water partition coefficient (Wildman–Crippen LogP) is 2.54. The Kier molecular flexibility index (Phi) is 3.85. The van der Waals surface area contributed by atoms with E-state index in [2.05, 4.69) is 10.2 Å². The van der Waals surface area contributed by atoms with Crippen molar-refractivity contribution in [3.63, 3.8) is 0 Å². The lowest BCUT2D eigenvalue weighted by Gasteiger charge is -2.11. The topological polar surface area (TPSA) is 93.8 Å². The second-order valence-corrected chi connectivity index (χ2v) is 6.08. The normalized spacial score (nSPS) is 10.9. The molecule has 0 atom stereocenters. The largest absolute Gasteiger partial charge is 0.366 e. The van der Waals surface area contributed by atoms with E-state index in [1.807, 2.05) is 24.3 Å². The van der Waals surface area contributed by atoms with Crippen LogP contribution < -0.4 is 11.3 Å². The number of H-pyrrole nitrogens is 1. The molecule has 6 heteroatoms. The third kappa shape index (κ3) is 2.88. The number of nitrogens with one attached hydrogen (secondary N) is 1. The minimum absolute atomic E-state index is 0.143. The molecule has 0 saturated carbocycles. The average Bonchev–Trinajstić information content (AvgIpc) is 3.11. The summed E-state index contributed by atoms with van der Waals surface area (Å²) >= 11 is 0. The molecule has 26 heavy (non-hydrogen) atoms. The molecular formula is C20H16N4O2. The molecule has 0 aliphatic carbocycles. The number of hydrogen-bond acceptors (Lipinski definition) is 3. The highest BCUT2D eigenvalue weighted by atomic mass is 16.1. The molecule has 6 nitrogen and oxygen atoms in total. The van der Waals surface area contributed by atoms with Crippen LogP contribution in [0.15, 0.2) is 71.8 Å². The Hall–Kier alpha value is -3.67. The molecule has 1 amide bonds. The number of aromatic amines is 1. The molecule has 128 valence electrons. The van der Waals surface area contributed by atoms with Crippen LogP contribution >= 0.6 is 0 Å². The number of hydrogen-bond donors (Lipinski definition) is 2. The molecule has 0 bridgehead atoms. The van der Waals surface area contributed by atoms with Gasteiger partial charge < -0.3 is 10.3 Å². The number of benzene rings is 2. The summed E-state index contributed by atoms with van der Waals surface area (Å²) in [6.07, 6.45) is 3.55. The maximum Gasteiger partial charge on any atom is 0.250 e. The van der Waals surface area contributed by atoms with Crippen molar-refractivity contribution in [1.82, 2.24) is 14.8 Å². The lowest BCUT2D eigenvalue weighted by molar-refractivity contribution is 0.0999. The fraction of sp³-hybridized carbons (Fsp3) is 0.0500. The van der Waals surface area contributed by atoms with Gasteiger partial charge >= 0.3 is 0 Å². The molecule has 0 aliphatic heterocycles. The van der Waals surface area contributed by atoms with E-state index in [1.54, 1.807) is 41.2 Å². The first-order chi connectivity index (χ1) is 12.6. The first-order valence-electron chi connectivity index (χ1n) is 8.13. The third-order valence-electron chi connectivity index (χ3n) is 4.38. The van der Waals surface area contributed by atoms with E-state index in [-0.39, 0.29) is 12.1 Å². The van der Waals surface area contributed by atoms with Crippen LogP contribution in [0.5, 0.6) is 0 Å². The van der Waals surface area contributed by atoms with Crippen LogP contribution in [0.3, 0.4) is 0 Å². The molecule has 3 N–H and O–H groups in total. The van der Waals surface area contributed by atoms with E-state index in [1.165, 1.54) is 6.07 Å². The van der Waals surface area contributed by atoms with Crippen molar-refractivity contribution in [2.24, 2.45) is 5.73 Å². The molecule has 4 aromatic rings. The number of pyridine rings is 1. The minimum Gasteiger partial charge on any atom is -0.366 e. The molecule has 2 aromatic heterocycles. The number of amides is 1. The zero-order valence-electron chi connectivity index (χ0n) is 13.8. The SMILES string of the molecule is NC(=O)c1ccccc1Cn1cc(-c2ccc3cn[nH]c3c2)ccc1=O. The third-order valence-corrected chi connectivity index (χ3v) is 4.38. The highest BCUT2D eigenvalue weighted by molar-refractivity contribution is 5.94. The van der Waals surface area contributed by atoms with Gasteiger partial charge in [-0.25, -0.2) is 0 Å². The van der Waals surface area contributed by atoms with E-state index in [0.29, 0.717) is 11.1 Å². The zero-order valence-corrected chi connectivity index (χ0v) is 13.8. The van der Waals surface area contributed by atoms with Gasteiger partial charge in [0.2, 0.25) is 5.91 Å². The first kappa shape index (κ1) is 15.8. The Morgan fingerprint density at radius 1 is 1.08 bits per heavy atom. The van der Waals surface area contributed by atoms with E-state index >= 15 is 0 Å². The lowest BCUT2D eigenvalue weighted by atomic mass is 10.1. The summed E-state index contributed by atoms with van der Waals surface area (Å²) < 4.78 is 1.58. The van der Waals surface area contributed by atoms with Crippen molar-refractivity contribution in [2.75, 3.05) is 0 Å². The van der Waals surface area contributed by atoms with Gasteiger partial charge in [-0.1, -0.05) is 30.3 Å². The number of carbonyl (C=O) groups excluding carboxylic acids is 1. The smallest absolute Gasteiger partial charge is 0.250 e. The van der Waals surface area contributed by atoms with Crippen LogP contribution in [-0.4, -0.2) is 20.7 Å². The Balaban J connectivity index is 1.75. The van der Waals surface area contributed by atoms with Crippen LogP contribution in [0.4, 0.5) is 0 Å². The molecule has 0 fully saturated rings. The van der Waals surface area contributed by atoms with Crippen LogP contribution in [-0.2, 0) is 6.54 Å². The summed E-state index contributed by atoms with van der Waals surface area (Å²) in [5.41, 5.74) is 9.22. The van der Waals surface area contributed by atoms with Crippen molar-refractivity contribution in [1.29, 1.82) is 0 Å². The van der Waals surface area contributed by atoms with E-state index < -0.39 is 5.91 Å². The van der Waals surface area contributed by atoms with Gasteiger partial charge in [-0.15, -0.1) is 0 Å². The quantitative estimate of drug-likeness (QED) is 0.596. The average molecular weight is 344 g/mol. The molecular weight excluding hydrogens is 328 g/mol. The number of fused-ring (bicyclic) bond motifs is 1. The Bertz CT molecular complexity index is 1170. The van der Waals surface area contributed by atoms with E-state index in [9.17, 15) is 9.59 Å². The second kappa shape index (κ2) is 6.33. The fourth-order valence-electron chi connectivity index (χ4n) is 3.02. The molecule has 2 heterocycles. The summed E-state index contributed by atoms with van der Waals surface area (Å²) in [7, 11) is 0. The molecule has 0 aliphatic rings. The molecule has 2 aromatic carbocycles. The van der Waals surface area contributed by atoms with Gasteiger partial charge in [0.1, 0.15) is 0 Å². The van der Waals surface area contributed by atoms with E-state index in [0.717, 1.165) is 22.0 Å². The van der Waals surface area contributed by atoms with Gasteiger partial charge in [0, 0.05) is 23.2 Å². The van der Waals surface area contributed by atoms with Gasteiger partial charge in [-0.3, -0.25) is 14.7 Å². The summed E-state index contributed by atoms with van der Waals surface area (Å²) in [6.45, 7) is 0.276. The monoisotopic (exact) mass is 344 g/mol.